The summed E-state index contributed by atoms with van der Waals surface area (Å²) in [5, 5.41) is 0.546. The molecular formula is C13H20ClN3O3. The Kier molecular flexibility index (Phi) is 5.82. The van der Waals surface area contributed by atoms with E-state index < -0.39 is 0 Å². The second-order valence-electron chi connectivity index (χ2n) is 4.58. The van der Waals surface area contributed by atoms with Crippen molar-refractivity contribution in [3.8, 4) is 6.01 Å². The van der Waals surface area contributed by atoms with Crippen molar-refractivity contribution < 1.29 is 14.2 Å². The molecule has 0 radical (unpaired) electrons. The van der Waals surface area contributed by atoms with Gasteiger partial charge in [-0.3, -0.25) is 0 Å². The van der Waals surface area contributed by atoms with Gasteiger partial charge in [0.1, 0.15) is 5.02 Å². The van der Waals surface area contributed by atoms with Crippen LogP contribution in [0.5, 0.6) is 6.01 Å². The van der Waals surface area contributed by atoms with Gasteiger partial charge in [0.15, 0.2) is 5.82 Å². The van der Waals surface area contributed by atoms with E-state index in [0.717, 1.165) is 31.7 Å². The molecule has 6 nitrogen and oxygen atoms in total. The average Bonchev–Trinajstić information content (AvgIpc) is 2.49. The van der Waals surface area contributed by atoms with E-state index in [0.29, 0.717) is 24.2 Å². The van der Waals surface area contributed by atoms with Crippen molar-refractivity contribution in [3.63, 3.8) is 0 Å². The molecule has 20 heavy (non-hydrogen) atoms. The fourth-order valence-corrected chi connectivity index (χ4v) is 2.41. The van der Waals surface area contributed by atoms with Crippen LogP contribution in [0.3, 0.4) is 0 Å². The van der Waals surface area contributed by atoms with Gasteiger partial charge in [-0.25, -0.2) is 4.98 Å². The third-order valence-corrected chi connectivity index (χ3v) is 3.54. The second-order valence-corrected chi connectivity index (χ2v) is 4.99. The van der Waals surface area contributed by atoms with Crippen molar-refractivity contribution in [2.24, 2.45) is 0 Å². The number of nitrogens with zero attached hydrogens (tertiary/aromatic N) is 3. The summed E-state index contributed by atoms with van der Waals surface area (Å²) < 4.78 is 15.8. The fraction of sp³-hybridized carbons (Fsp3) is 0.692. The predicted octanol–water partition coefficient (Wildman–Crippen LogP) is 1.77. The summed E-state index contributed by atoms with van der Waals surface area (Å²) in [6.45, 7) is 2.99. The highest BCUT2D eigenvalue weighted by Crippen LogP contribution is 2.27. The topological polar surface area (TPSA) is 56.7 Å². The van der Waals surface area contributed by atoms with E-state index in [9.17, 15) is 0 Å². The molecule has 1 saturated heterocycles. The van der Waals surface area contributed by atoms with Crippen molar-refractivity contribution in [2.75, 3.05) is 45.4 Å². The molecule has 7 heteroatoms. The predicted molar refractivity (Wildman–Crippen MR) is 76.7 cm³/mol. The van der Waals surface area contributed by atoms with E-state index in [1.807, 2.05) is 0 Å². The lowest BCUT2D eigenvalue weighted by Crippen LogP contribution is -2.38. The Morgan fingerprint density at radius 1 is 1.30 bits per heavy atom. The summed E-state index contributed by atoms with van der Waals surface area (Å²) in [6.07, 6.45) is 3.76. The number of aromatic nitrogens is 2. The Morgan fingerprint density at radius 2 is 2.05 bits per heavy atom. The number of methoxy groups -OCH3 is 2. The van der Waals surface area contributed by atoms with Crippen molar-refractivity contribution in [1.29, 1.82) is 0 Å². The highest BCUT2D eigenvalue weighted by Gasteiger charge is 2.22. The number of halogens is 1. The van der Waals surface area contributed by atoms with Crippen LogP contribution in [0.1, 0.15) is 12.8 Å². The molecule has 1 aromatic heterocycles. The Morgan fingerprint density at radius 3 is 2.70 bits per heavy atom. The minimum atomic E-state index is 0.281. The van der Waals surface area contributed by atoms with Crippen LogP contribution >= 0.6 is 11.6 Å². The van der Waals surface area contributed by atoms with Gasteiger partial charge in [0.2, 0.25) is 0 Å². The lowest BCUT2D eigenvalue weighted by Gasteiger charge is -2.33. The zero-order chi connectivity index (χ0) is 14.4. The zero-order valence-electron chi connectivity index (χ0n) is 11.8. The van der Waals surface area contributed by atoms with Crippen LogP contribution in [-0.4, -0.2) is 56.6 Å². The van der Waals surface area contributed by atoms with Crippen LogP contribution in [0.4, 0.5) is 5.82 Å². The number of ether oxygens (including phenoxy) is 3. The molecule has 0 bridgehead atoms. The Labute approximate surface area is 124 Å². The van der Waals surface area contributed by atoms with Crippen LogP contribution < -0.4 is 9.64 Å². The van der Waals surface area contributed by atoms with Crippen molar-refractivity contribution in [3.05, 3.63) is 11.2 Å². The quantitative estimate of drug-likeness (QED) is 0.747. The highest BCUT2D eigenvalue weighted by atomic mass is 35.5. The molecule has 1 aromatic rings. The summed E-state index contributed by atoms with van der Waals surface area (Å²) in [5.41, 5.74) is 0. The number of hydrogen-bond donors (Lipinski definition) is 0. The van der Waals surface area contributed by atoms with Crippen LogP contribution in [-0.2, 0) is 9.47 Å². The van der Waals surface area contributed by atoms with E-state index in [1.54, 1.807) is 20.4 Å². The zero-order valence-corrected chi connectivity index (χ0v) is 12.6. The summed E-state index contributed by atoms with van der Waals surface area (Å²) in [6, 6.07) is 0.336. The van der Waals surface area contributed by atoms with Gasteiger partial charge >= 0.3 is 6.01 Å². The Bertz CT molecular complexity index is 425. The molecular weight excluding hydrogens is 282 g/mol. The first kappa shape index (κ1) is 15.3. The molecule has 0 amide bonds. The molecule has 2 rings (SSSR count). The average molecular weight is 302 g/mol. The monoisotopic (exact) mass is 301 g/mol. The fourth-order valence-electron chi connectivity index (χ4n) is 2.19. The van der Waals surface area contributed by atoms with Crippen LogP contribution in [0, 0.1) is 0 Å². The highest BCUT2D eigenvalue weighted by molar-refractivity contribution is 6.32. The minimum Gasteiger partial charge on any atom is -0.467 e. The minimum absolute atomic E-state index is 0.281. The number of piperidine rings is 1. The maximum Gasteiger partial charge on any atom is 0.318 e. The second kappa shape index (κ2) is 7.61. The number of hydrogen-bond acceptors (Lipinski definition) is 6. The summed E-state index contributed by atoms with van der Waals surface area (Å²) >= 11 is 6.16. The molecule has 1 aliphatic rings. The van der Waals surface area contributed by atoms with Gasteiger partial charge in [-0.1, -0.05) is 11.6 Å². The molecule has 2 heterocycles. The standard InChI is InChI=1S/C13H20ClN3O3/c1-18-7-8-20-10-3-5-17(6-4-10)12-11(14)9-15-13(16-12)19-2/h9-10H,3-8H2,1-2H3. The maximum absolute atomic E-state index is 6.16. The smallest absolute Gasteiger partial charge is 0.318 e. The first-order chi connectivity index (χ1) is 9.74. The van der Waals surface area contributed by atoms with E-state index in [-0.39, 0.29) is 6.10 Å². The number of rotatable bonds is 6. The Balaban J connectivity index is 1.90. The van der Waals surface area contributed by atoms with Crippen LogP contribution in [0.15, 0.2) is 6.20 Å². The van der Waals surface area contributed by atoms with Crippen LogP contribution in [0.2, 0.25) is 5.02 Å². The van der Waals surface area contributed by atoms with E-state index >= 15 is 0 Å². The molecule has 1 aliphatic heterocycles. The molecule has 0 aromatic carbocycles. The lowest BCUT2D eigenvalue weighted by atomic mass is 10.1. The van der Waals surface area contributed by atoms with Crippen LogP contribution in [0.25, 0.3) is 0 Å². The third kappa shape index (κ3) is 3.94. The normalized spacial score (nSPS) is 16.4. The molecule has 0 atom stereocenters. The number of anilines is 1. The van der Waals surface area contributed by atoms with E-state index in [4.69, 9.17) is 25.8 Å². The summed E-state index contributed by atoms with van der Waals surface area (Å²) in [4.78, 5) is 10.4. The molecule has 0 saturated carbocycles. The van der Waals surface area contributed by atoms with Gasteiger partial charge in [0.05, 0.1) is 32.6 Å². The molecule has 0 N–H and O–H groups in total. The van der Waals surface area contributed by atoms with Gasteiger partial charge in [-0.05, 0) is 12.8 Å². The van der Waals surface area contributed by atoms with Gasteiger partial charge in [0, 0.05) is 20.2 Å². The molecule has 0 aliphatic carbocycles. The molecule has 0 spiro atoms. The van der Waals surface area contributed by atoms with E-state index in [1.165, 1.54) is 0 Å². The first-order valence-electron chi connectivity index (χ1n) is 6.66. The molecule has 112 valence electrons. The van der Waals surface area contributed by atoms with Gasteiger partial charge in [-0.2, -0.15) is 4.98 Å². The van der Waals surface area contributed by atoms with E-state index in [2.05, 4.69) is 14.9 Å². The van der Waals surface area contributed by atoms with Gasteiger partial charge in [-0.15, -0.1) is 0 Å². The lowest BCUT2D eigenvalue weighted by molar-refractivity contribution is 0.00604. The third-order valence-electron chi connectivity index (χ3n) is 3.27. The first-order valence-corrected chi connectivity index (χ1v) is 7.04. The SMILES string of the molecule is COCCOC1CCN(c2nc(OC)ncc2Cl)CC1. The van der Waals surface area contributed by atoms with Crippen molar-refractivity contribution in [1.82, 2.24) is 9.97 Å². The van der Waals surface area contributed by atoms with Crippen molar-refractivity contribution in [2.45, 2.75) is 18.9 Å². The molecule has 1 fully saturated rings. The Hall–Kier alpha value is -1.11. The van der Waals surface area contributed by atoms with Gasteiger partial charge in [0.25, 0.3) is 0 Å². The largest absolute Gasteiger partial charge is 0.467 e. The summed E-state index contributed by atoms with van der Waals surface area (Å²) in [7, 11) is 3.22. The maximum atomic E-state index is 6.16. The molecule has 0 unspecified atom stereocenters. The van der Waals surface area contributed by atoms with Crippen molar-refractivity contribution >= 4 is 17.4 Å². The van der Waals surface area contributed by atoms with Gasteiger partial charge < -0.3 is 19.1 Å². The summed E-state index contributed by atoms with van der Waals surface area (Å²) in [5.74, 6) is 0.730.